The van der Waals surface area contributed by atoms with Crippen LogP contribution < -0.4 is 0 Å². The Bertz CT molecular complexity index is 1060. The van der Waals surface area contributed by atoms with E-state index in [-0.39, 0.29) is 34.8 Å². The molecule has 1 spiro atoms. The number of carbonyl (C=O) groups is 2. The van der Waals surface area contributed by atoms with Gasteiger partial charge in [-0.1, -0.05) is 59.6 Å². The molecule has 1 aliphatic heterocycles. The fourth-order valence-corrected chi connectivity index (χ4v) is 10.8. The van der Waals surface area contributed by atoms with E-state index in [1.54, 1.807) is 7.11 Å². The predicted molar refractivity (Wildman–Crippen MR) is 150 cm³/mol. The molecule has 39 heavy (non-hydrogen) atoms. The van der Waals surface area contributed by atoms with E-state index in [1.165, 1.54) is 12.5 Å². The van der Waals surface area contributed by atoms with Crippen LogP contribution >= 0.6 is 0 Å². The molecule has 4 fully saturated rings. The van der Waals surface area contributed by atoms with Crippen LogP contribution in [0.5, 0.6) is 0 Å². The van der Waals surface area contributed by atoms with E-state index < -0.39 is 28.1 Å². The van der Waals surface area contributed by atoms with Gasteiger partial charge in [0.05, 0.1) is 6.10 Å². The lowest BCUT2D eigenvalue weighted by molar-refractivity contribution is -0.195. The van der Waals surface area contributed by atoms with E-state index in [0.29, 0.717) is 24.7 Å². The van der Waals surface area contributed by atoms with Crippen molar-refractivity contribution in [2.75, 3.05) is 7.11 Å². The Morgan fingerprint density at radius 1 is 1.10 bits per heavy atom. The van der Waals surface area contributed by atoms with E-state index in [4.69, 9.17) is 14.2 Å². The van der Waals surface area contributed by atoms with Gasteiger partial charge in [0.25, 0.3) is 0 Å². The van der Waals surface area contributed by atoms with Gasteiger partial charge in [-0.05, 0) is 86.9 Å². The van der Waals surface area contributed by atoms with Gasteiger partial charge in [-0.2, -0.15) is 0 Å². The van der Waals surface area contributed by atoms with Gasteiger partial charge in [0.2, 0.25) is 0 Å². The minimum Gasteiger partial charge on any atom is -0.462 e. The zero-order valence-electron chi connectivity index (χ0n) is 25.8. The monoisotopic (exact) mass is 544 g/mol. The van der Waals surface area contributed by atoms with E-state index in [9.17, 15) is 14.7 Å². The molecule has 6 heteroatoms. The van der Waals surface area contributed by atoms with Crippen molar-refractivity contribution in [3.05, 3.63) is 11.6 Å². The van der Waals surface area contributed by atoms with E-state index >= 15 is 0 Å². The number of aliphatic hydroxyl groups is 1. The van der Waals surface area contributed by atoms with Crippen LogP contribution in [0.2, 0.25) is 0 Å². The highest BCUT2D eigenvalue weighted by Crippen LogP contribution is 2.77. The maximum atomic E-state index is 14.3. The first-order chi connectivity index (χ1) is 18.0. The van der Waals surface area contributed by atoms with Gasteiger partial charge in [0.1, 0.15) is 22.7 Å². The standard InChI is InChI=1S/C33H52O6/c1-20(2)11-10-15-31(8)32(36)18-17-30(7)22-12-13-24-28(4,5)25(38-21(3)34)14-16-29(24,6)23(22)19-26(37-9)33(30,32)27(35)39-31/h19-20,22,24-26,36H,10-18H2,1-9H3. The average Bonchev–Trinajstić information content (AvgIpc) is 3.19. The maximum Gasteiger partial charge on any atom is 0.319 e. The molecule has 0 aromatic heterocycles. The molecule has 3 saturated carbocycles. The third-order valence-corrected chi connectivity index (χ3v) is 12.8. The molecule has 1 heterocycles. The van der Waals surface area contributed by atoms with Crippen molar-refractivity contribution in [3.63, 3.8) is 0 Å². The first-order valence-electron chi connectivity index (χ1n) is 15.4. The molecule has 6 nitrogen and oxygen atoms in total. The van der Waals surface area contributed by atoms with Crippen LogP contribution in [-0.4, -0.2) is 47.6 Å². The highest BCUT2D eigenvalue weighted by Gasteiger charge is 2.85. The topological polar surface area (TPSA) is 82.1 Å². The molecule has 5 aliphatic rings. The summed E-state index contributed by atoms with van der Waals surface area (Å²) in [6.07, 6.45) is 9.24. The number of hydrogen-bond donors (Lipinski definition) is 1. The molecular weight excluding hydrogens is 492 g/mol. The van der Waals surface area contributed by atoms with Crippen LogP contribution in [0, 0.1) is 39.4 Å². The zero-order chi connectivity index (χ0) is 28.8. The Labute approximate surface area is 235 Å². The first-order valence-corrected chi connectivity index (χ1v) is 15.4. The minimum atomic E-state index is -1.28. The van der Waals surface area contributed by atoms with Gasteiger partial charge < -0.3 is 19.3 Å². The first kappa shape index (κ1) is 29.1. The van der Waals surface area contributed by atoms with Gasteiger partial charge >= 0.3 is 11.9 Å². The quantitative estimate of drug-likeness (QED) is 0.308. The van der Waals surface area contributed by atoms with Crippen LogP contribution in [0.3, 0.4) is 0 Å². The highest BCUT2D eigenvalue weighted by atomic mass is 16.6. The number of rotatable bonds is 6. The molecule has 4 aliphatic carbocycles. The lowest BCUT2D eigenvalue weighted by Crippen LogP contribution is -2.68. The summed E-state index contributed by atoms with van der Waals surface area (Å²) < 4.78 is 18.4. The molecule has 0 bridgehead atoms. The van der Waals surface area contributed by atoms with Gasteiger partial charge in [-0.15, -0.1) is 0 Å². The van der Waals surface area contributed by atoms with Crippen molar-refractivity contribution >= 4 is 11.9 Å². The number of hydrogen-bond acceptors (Lipinski definition) is 6. The minimum absolute atomic E-state index is 0.0890. The van der Waals surface area contributed by atoms with E-state index in [0.717, 1.165) is 44.9 Å². The molecule has 9 unspecified atom stereocenters. The fraction of sp³-hybridized carbons (Fsp3) is 0.879. The number of esters is 2. The smallest absolute Gasteiger partial charge is 0.319 e. The summed E-state index contributed by atoms with van der Waals surface area (Å²) in [6, 6.07) is 0. The van der Waals surface area contributed by atoms with Crippen LogP contribution in [0.1, 0.15) is 113 Å². The van der Waals surface area contributed by atoms with Crippen molar-refractivity contribution in [2.24, 2.45) is 39.4 Å². The summed E-state index contributed by atoms with van der Waals surface area (Å²) in [4.78, 5) is 26.2. The number of ether oxygens (including phenoxy) is 3. The van der Waals surface area contributed by atoms with Crippen molar-refractivity contribution < 1.29 is 28.9 Å². The number of carbonyl (C=O) groups excluding carboxylic acids is 2. The number of cyclic esters (lactones) is 1. The third-order valence-electron chi connectivity index (χ3n) is 12.8. The number of allylic oxidation sites excluding steroid dienone is 1. The number of methoxy groups -OCH3 is 1. The van der Waals surface area contributed by atoms with E-state index in [2.05, 4.69) is 47.6 Å². The normalized spacial score (nSPS) is 48.0. The molecule has 1 saturated heterocycles. The summed E-state index contributed by atoms with van der Waals surface area (Å²) >= 11 is 0. The number of fused-ring (bicyclic) bond motifs is 4. The maximum absolute atomic E-state index is 14.3. The van der Waals surface area contributed by atoms with Crippen molar-refractivity contribution in [1.29, 1.82) is 0 Å². The lowest BCUT2D eigenvalue weighted by atomic mass is 9.40. The van der Waals surface area contributed by atoms with Crippen LogP contribution in [-0.2, 0) is 23.8 Å². The third kappa shape index (κ3) is 3.52. The molecule has 0 aromatic rings. The van der Waals surface area contributed by atoms with E-state index in [1.807, 2.05) is 6.92 Å². The molecular formula is C33H52O6. The van der Waals surface area contributed by atoms with Gasteiger partial charge in [-0.3, -0.25) is 9.59 Å². The van der Waals surface area contributed by atoms with Crippen molar-refractivity contribution in [1.82, 2.24) is 0 Å². The Hall–Kier alpha value is -1.40. The summed E-state index contributed by atoms with van der Waals surface area (Å²) in [5, 5.41) is 12.7. The molecule has 9 atom stereocenters. The Morgan fingerprint density at radius 2 is 1.79 bits per heavy atom. The Balaban J connectivity index is 1.59. The average molecular weight is 545 g/mol. The Kier molecular flexibility index (Phi) is 6.75. The van der Waals surface area contributed by atoms with Crippen LogP contribution in [0.15, 0.2) is 11.6 Å². The summed E-state index contributed by atoms with van der Waals surface area (Å²) in [5.74, 6) is 0.595. The highest BCUT2D eigenvalue weighted by molar-refractivity contribution is 5.86. The van der Waals surface area contributed by atoms with Gasteiger partial charge in [0.15, 0.2) is 0 Å². The summed E-state index contributed by atoms with van der Waals surface area (Å²) in [7, 11) is 1.68. The summed E-state index contributed by atoms with van der Waals surface area (Å²) in [6.45, 7) is 17.0. The van der Waals surface area contributed by atoms with Crippen molar-refractivity contribution in [2.45, 2.75) is 137 Å². The van der Waals surface area contributed by atoms with Gasteiger partial charge in [-0.25, -0.2) is 0 Å². The fourth-order valence-electron chi connectivity index (χ4n) is 10.8. The lowest BCUT2D eigenvalue weighted by Gasteiger charge is -2.64. The molecule has 0 radical (unpaired) electrons. The molecule has 1 N–H and O–H groups in total. The van der Waals surface area contributed by atoms with Crippen LogP contribution in [0.4, 0.5) is 0 Å². The summed E-state index contributed by atoms with van der Waals surface area (Å²) in [5.41, 5.74) is -2.67. The van der Waals surface area contributed by atoms with Crippen molar-refractivity contribution in [3.8, 4) is 0 Å². The SMILES string of the molecule is COC1C=C2C(CCC3C2(C)CCC(OC(C)=O)C3(C)C)C2(C)CCC3(O)C(C)(CCCC(C)C)OC(=O)C123. The molecule has 0 aromatic carbocycles. The Morgan fingerprint density at radius 3 is 2.41 bits per heavy atom. The largest absolute Gasteiger partial charge is 0.462 e. The van der Waals surface area contributed by atoms with Gasteiger partial charge in [0, 0.05) is 19.4 Å². The predicted octanol–water partition coefficient (Wildman–Crippen LogP) is 6.39. The second-order valence-corrected chi connectivity index (χ2v) is 15.3. The molecule has 220 valence electrons. The van der Waals surface area contributed by atoms with Crippen LogP contribution in [0.25, 0.3) is 0 Å². The zero-order valence-corrected chi connectivity index (χ0v) is 25.8. The second kappa shape index (κ2) is 9.05. The molecule has 0 amide bonds. The second-order valence-electron chi connectivity index (χ2n) is 15.3. The molecule has 5 rings (SSSR count).